The monoisotopic (exact) mass is 322 g/mol. The number of hydrogen-bond acceptors (Lipinski definition) is 5. The number of phenolic OH excluding ortho intramolecular Hbond substituents is 1. The highest BCUT2D eigenvalue weighted by molar-refractivity contribution is 6.32. The summed E-state index contributed by atoms with van der Waals surface area (Å²) in [6.45, 7) is 1.15. The van der Waals surface area contributed by atoms with Gasteiger partial charge in [-0.2, -0.15) is 0 Å². The fraction of sp³-hybridized carbons (Fsp3) is 0.500. The summed E-state index contributed by atoms with van der Waals surface area (Å²) in [6.07, 6.45) is 1.43. The highest BCUT2D eigenvalue weighted by Crippen LogP contribution is 2.41. The van der Waals surface area contributed by atoms with Crippen LogP contribution >= 0.6 is 24.0 Å². The molecule has 3 N–H and O–H groups in total. The number of nitro groups is 1. The first-order valence-electron chi connectivity index (χ1n) is 6.01. The third-order valence-corrected chi connectivity index (χ3v) is 3.75. The molecule has 0 radical (unpaired) electrons. The lowest BCUT2D eigenvalue weighted by molar-refractivity contribution is -0.385. The van der Waals surface area contributed by atoms with E-state index in [2.05, 4.69) is 0 Å². The van der Waals surface area contributed by atoms with Gasteiger partial charge in [0, 0.05) is 25.3 Å². The molecule has 2 rings (SSSR count). The van der Waals surface area contributed by atoms with Crippen molar-refractivity contribution in [1.29, 1.82) is 0 Å². The number of halogens is 2. The fourth-order valence-corrected chi connectivity index (χ4v) is 2.53. The average Bonchev–Trinajstić information content (AvgIpc) is 2.41. The van der Waals surface area contributed by atoms with Gasteiger partial charge in [-0.1, -0.05) is 11.6 Å². The van der Waals surface area contributed by atoms with Crippen LogP contribution in [0.5, 0.6) is 5.75 Å². The Kier molecular flexibility index (Phi) is 6.01. The summed E-state index contributed by atoms with van der Waals surface area (Å²) in [5.74, 6) is -0.258. The Labute approximate surface area is 127 Å². The van der Waals surface area contributed by atoms with E-state index in [1.165, 1.54) is 12.1 Å². The van der Waals surface area contributed by atoms with Crippen LogP contribution in [0.2, 0.25) is 5.02 Å². The summed E-state index contributed by atoms with van der Waals surface area (Å²) in [7, 11) is 0. The third kappa shape index (κ3) is 3.32. The molecule has 0 aromatic heterocycles. The maximum absolute atomic E-state index is 11.0. The standard InChI is InChI=1S/C12H15ClN2O4.ClH/c13-8-1-2-9(15(17)18)10(12(8)16)11(14)7-3-5-19-6-4-7;/h1-2,7,11,16H,3-6,14H2;1H/t11-;/m0./s1. The third-order valence-electron chi connectivity index (χ3n) is 3.45. The number of aromatic hydroxyl groups is 1. The Morgan fingerprint density at radius 1 is 1.45 bits per heavy atom. The predicted molar refractivity (Wildman–Crippen MR) is 77.5 cm³/mol. The van der Waals surface area contributed by atoms with E-state index in [1.54, 1.807) is 0 Å². The van der Waals surface area contributed by atoms with Crippen LogP contribution in [0.3, 0.4) is 0 Å². The summed E-state index contributed by atoms with van der Waals surface area (Å²) in [5.41, 5.74) is 6.02. The van der Waals surface area contributed by atoms with Crippen LogP contribution in [0.1, 0.15) is 24.4 Å². The molecule has 1 aromatic rings. The van der Waals surface area contributed by atoms with Gasteiger partial charge in [-0.05, 0) is 24.8 Å². The zero-order chi connectivity index (χ0) is 14.0. The highest BCUT2D eigenvalue weighted by Gasteiger charge is 2.31. The zero-order valence-corrected chi connectivity index (χ0v) is 12.2. The van der Waals surface area contributed by atoms with Crippen LogP contribution in [0.15, 0.2) is 12.1 Å². The SMILES string of the molecule is Cl.N[C@H](c1c([N+](=O)[O-])ccc(Cl)c1O)C1CCOCC1. The van der Waals surface area contributed by atoms with Crippen molar-refractivity contribution >= 4 is 29.7 Å². The Bertz CT molecular complexity index is 493. The number of nitrogens with two attached hydrogens (primary N) is 1. The molecule has 0 amide bonds. The molecular weight excluding hydrogens is 307 g/mol. The minimum atomic E-state index is -0.622. The number of ether oxygens (including phenoxy) is 1. The smallest absolute Gasteiger partial charge is 0.278 e. The molecule has 1 fully saturated rings. The molecule has 0 aliphatic carbocycles. The number of phenols is 1. The van der Waals surface area contributed by atoms with Crippen LogP contribution < -0.4 is 5.73 Å². The molecule has 0 unspecified atom stereocenters. The van der Waals surface area contributed by atoms with Crippen LogP contribution in [0.4, 0.5) is 5.69 Å². The Morgan fingerprint density at radius 3 is 2.60 bits per heavy atom. The normalized spacial score (nSPS) is 17.3. The van der Waals surface area contributed by atoms with Crippen molar-refractivity contribution in [2.45, 2.75) is 18.9 Å². The Morgan fingerprint density at radius 2 is 2.05 bits per heavy atom. The Balaban J connectivity index is 0.00000200. The molecule has 1 aromatic carbocycles. The first kappa shape index (κ1) is 17.0. The maximum Gasteiger partial charge on any atom is 0.278 e. The summed E-state index contributed by atoms with van der Waals surface area (Å²) in [6, 6.07) is 1.95. The summed E-state index contributed by atoms with van der Waals surface area (Å²) in [4.78, 5) is 10.5. The average molecular weight is 323 g/mol. The van der Waals surface area contributed by atoms with Crippen molar-refractivity contribution in [3.8, 4) is 5.75 Å². The van der Waals surface area contributed by atoms with Crippen molar-refractivity contribution < 1.29 is 14.8 Å². The minimum Gasteiger partial charge on any atom is -0.506 e. The van der Waals surface area contributed by atoms with E-state index < -0.39 is 11.0 Å². The molecule has 1 aliphatic rings. The number of hydrogen-bond donors (Lipinski definition) is 2. The van der Waals surface area contributed by atoms with E-state index in [0.29, 0.717) is 26.1 Å². The lowest BCUT2D eigenvalue weighted by atomic mass is 9.86. The maximum atomic E-state index is 11.0. The first-order chi connectivity index (χ1) is 9.02. The first-order valence-corrected chi connectivity index (χ1v) is 6.39. The van der Waals surface area contributed by atoms with E-state index in [0.717, 1.165) is 0 Å². The number of nitrogens with zero attached hydrogens (tertiary/aromatic N) is 1. The van der Waals surface area contributed by atoms with Gasteiger partial charge in [0.05, 0.1) is 15.5 Å². The molecule has 112 valence electrons. The van der Waals surface area contributed by atoms with E-state index >= 15 is 0 Å². The highest BCUT2D eigenvalue weighted by atomic mass is 35.5. The molecular formula is C12H16Cl2N2O4. The van der Waals surface area contributed by atoms with Gasteiger partial charge in [-0.3, -0.25) is 10.1 Å². The van der Waals surface area contributed by atoms with Crippen molar-refractivity contribution in [3.63, 3.8) is 0 Å². The summed E-state index contributed by atoms with van der Waals surface area (Å²) < 4.78 is 5.24. The second-order valence-electron chi connectivity index (χ2n) is 4.56. The van der Waals surface area contributed by atoms with Gasteiger partial charge in [0.25, 0.3) is 5.69 Å². The van der Waals surface area contributed by atoms with Crippen LogP contribution in [0, 0.1) is 16.0 Å². The van der Waals surface area contributed by atoms with Gasteiger partial charge in [-0.25, -0.2) is 0 Å². The van der Waals surface area contributed by atoms with Gasteiger partial charge in [0.1, 0.15) is 5.75 Å². The van der Waals surface area contributed by atoms with Crippen molar-refractivity contribution in [2.75, 3.05) is 13.2 Å². The van der Waals surface area contributed by atoms with E-state index in [-0.39, 0.29) is 40.3 Å². The molecule has 0 spiro atoms. The van der Waals surface area contributed by atoms with E-state index in [1.807, 2.05) is 0 Å². The molecule has 8 heteroatoms. The quantitative estimate of drug-likeness (QED) is 0.658. The minimum absolute atomic E-state index is 0. The zero-order valence-electron chi connectivity index (χ0n) is 10.6. The van der Waals surface area contributed by atoms with Crippen molar-refractivity contribution in [2.24, 2.45) is 11.7 Å². The molecule has 1 atom stereocenters. The molecule has 20 heavy (non-hydrogen) atoms. The van der Waals surface area contributed by atoms with E-state index in [4.69, 9.17) is 22.1 Å². The topological polar surface area (TPSA) is 98.6 Å². The molecule has 1 saturated heterocycles. The second-order valence-corrected chi connectivity index (χ2v) is 4.97. The fourth-order valence-electron chi connectivity index (χ4n) is 2.37. The van der Waals surface area contributed by atoms with Gasteiger partial charge in [-0.15, -0.1) is 12.4 Å². The summed E-state index contributed by atoms with van der Waals surface area (Å²) >= 11 is 5.82. The van der Waals surface area contributed by atoms with Crippen molar-refractivity contribution in [1.82, 2.24) is 0 Å². The van der Waals surface area contributed by atoms with E-state index in [9.17, 15) is 15.2 Å². The number of nitro benzene ring substituents is 1. The van der Waals surface area contributed by atoms with Gasteiger partial charge >= 0.3 is 0 Å². The molecule has 1 heterocycles. The largest absolute Gasteiger partial charge is 0.506 e. The van der Waals surface area contributed by atoms with Crippen LogP contribution in [-0.2, 0) is 4.74 Å². The number of rotatable bonds is 3. The lowest BCUT2D eigenvalue weighted by Gasteiger charge is -2.28. The van der Waals surface area contributed by atoms with Gasteiger partial charge in [0.2, 0.25) is 0 Å². The predicted octanol–water partition coefficient (Wildman–Crippen LogP) is 2.80. The van der Waals surface area contributed by atoms with Gasteiger partial charge < -0.3 is 15.6 Å². The van der Waals surface area contributed by atoms with Crippen molar-refractivity contribution in [3.05, 3.63) is 32.8 Å². The van der Waals surface area contributed by atoms with Gasteiger partial charge in [0.15, 0.2) is 0 Å². The summed E-state index contributed by atoms with van der Waals surface area (Å²) in [5, 5.41) is 21.1. The Hall–Kier alpha value is -1.08. The number of benzene rings is 1. The van der Waals surface area contributed by atoms with Crippen LogP contribution in [-0.4, -0.2) is 23.2 Å². The molecule has 0 saturated carbocycles. The molecule has 1 aliphatic heterocycles. The molecule has 6 nitrogen and oxygen atoms in total. The molecule has 0 bridgehead atoms. The van der Waals surface area contributed by atoms with Crippen LogP contribution in [0.25, 0.3) is 0 Å². The second kappa shape index (κ2) is 7.08. The lowest BCUT2D eigenvalue weighted by Crippen LogP contribution is -2.28.